The van der Waals surface area contributed by atoms with Crippen LogP contribution < -0.4 is 4.72 Å². The van der Waals surface area contributed by atoms with Crippen LogP contribution in [-0.2, 0) is 10.0 Å². The molecule has 1 aliphatic carbocycles. The minimum Gasteiger partial charge on any atom is -0.218 e. The highest BCUT2D eigenvalue weighted by atomic mass is 32.2. The van der Waals surface area contributed by atoms with Crippen LogP contribution in [0, 0.1) is 0 Å². The summed E-state index contributed by atoms with van der Waals surface area (Å²) in [5.74, 6) is 0. The standard InChI is InChI=1S/C7H13NO2S/c1-3-4-7(5-6-7)11(9,10)8-2/h3,8H,1,4-6H2,2H3. The van der Waals surface area contributed by atoms with Gasteiger partial charge in [0, 0.05) is 0 Å². The van der Waals surface area contributed by atoms with E-state index in [1.165, 1.54) is 7.05 Å². The Morgan fingerprint density at radius 1 is 1.64 bits per heavy atom. The molecule has 11 heavy (non-hydrogen) atoms. The van der Waals surface area contributed by atoms with E-state index < -0.39 is 14.8 Å². The van der Waals surface area contributed by atoms with Gasteiger partial charge in [-0.05, 0) is 26.3 Å². The average molecular weight is 175 g/mol. The Morgan fingerprint density at radius 2 is 2.18 bits per heavy atom. The first-order valence-electron chi connectivity index (χ1n) is 3.62. The molecule has 3 nitrogen and oxygen atoms in total. The Morgan fingerprint density at radius 3 is 2.45 bits per heavy atom. The van der Waals surface area contributed by atoms with Crippen LogP contribution in [0.3, 0.4) is 0 Å². The Kier molecular flexibility index (Phi) is 2.07. The van der Waals surface area contributed by atoms with Gasteiger partial charge in [-0.3, -0.25) is 0 Å². The molecule has 1 saturated carbocycles. The molecule has 1 rings (SSSR count). The van der Waals surface area contributed by atoms with E-state index in [9.17, 15) is 8.42 Å². The SMILES string of the molecule is C=CCC1(S(=O)(=O)NC)CC1. The lowest BCUT2D eigenvalue weighted by molar-refractivity contribution is 0.568. The van der Waals surface area contributed by atoms with Gasteiger partial charge in [0.2, 0.25) is 10.0 Å². The minimum atomic E-state index is -3.07. The summed E-state index contributed by atoms with van der Waals surface area (Å²) in [6.45, 7) is 3.54. The summed E-state index contributed by atoms with van der Waals surface area (Å²) in [6, 6.07) is 0. The monoisotopic (exact) mass is 175 g/mol. The van der Waals surface area contributed by atoms with E-state index in [0.717, 1.165) is 12.8 Å². The molecule has 0 bridgehead atoms. The van der Waals surface area contributed by atoms with Crippen LogP contribution in [0.1, 0.15) is 19.3 Å². The van der Waals surface area contributed by atoms with Crippen molar-refractivity contribution >= 4 is 10.0 Å². The molecule has 1 aliphatic rings. The third kappa shape index (κ3) is 1.32. The van der Waals surface area contributed by atoms with Crippen molar-refractivity contribution in [3.8, 4) is 0 Å². The maximum absolute atomic E-state index is 11.3. The van der Waals surface area contributed by atoms with Gasteiger partial charge < -0.3 is 0 Å². The van der Waals surface area contributed by atoms with Crippen molar-refractivity contribution in [3.05, 3.63) is 12.7 Å². The number of sulfonamides is 1. The minimum absolute atomic E-state index is 0.510. The zero-order chi connectivity index (χ0) is 8.54. The van der Waals surface area contributed by atoms with Gasteiger partial charge in [-0.15, -0.1) is 6.58 Å². The maximum Gasteiger partial charge on any atom is 0.217 e. The predicted molar refractivity (Wildman–Crippen MR) is 44.8 cm³/mol. The Labute approximate surface area is 67.5 Å². The van der Waals surface area contributed by atoms with E-state index in [4.69, 9.17) is 0 Å². The number of hydrogen-bond acceptors (Lipinski definition) is 2. The lowest BCUT2D eigenvalue weighted by atomic mass is 10.3. The van der Waals surface area contributed by atoms with Gasteiger partial charge in [-0.1, -0.05) is 6.08 Å². The van der Waals surface area contributed by atoms with Gasteiger partial charge in [-0.25, -0.2) is 13.1 Å². The van der Waals surface area contributed by atoms with Crippen LogP contribution in [0.25, 0.3) is 0 Å². The number of nitrogens with one attached hydrogen (secondary N) is 1. The highest BCUT2D eigenvalue weighted by molar-refractivity contribution is 7.91. The number of allylic oxidation sites excluding steroid dienone is 1. The smallest absolute Gasteiger partial charge is 0.217 e. The predicted octanol–water partition coefficient (Wildman–Crippen LogP) is 0.644. The summed E-state index contributed by atoms with van der Waals surface area (Å²) in [7, 11) is -1.61. The first-order chi connectivity index (χ1) is 5.08. The van der Waals surface area contributed by atoms with Crippen LogP contribution in [0.4, 0.5) is 0 Å². The summed E-state index contributed by atoms with van der Waals surface area (Å²) in [5, 5.41) is 0. The Bertz CT molecular complexity index is 252. The molecule has 0 spiro atoms. The van der Waals surface area contributed by atoms with E-state index in [-0.39, 0.29) is 0 Å². The molecule has 1 N–H and O–H groups in total. The second kappa shape index (κ2) is 2.60. The first-order valence-corrected chi connectivity index (χ1v) is 5.10. The van der Waals surface area contributed by atoms with Gasteiger partial charge in [0.05, 0.1) is 4.75 Å². The summed E-state index contributed by atoms with van der Waals surface area (Å²) >= 11 is 0. The van der Waals surface area contributed by atoms with Gasteiger partial charge in [-0.2, -0.15) is 0 Å². The molecule has 0 atom stereocenters. The van der Waals surface area contributed by atoms with E-state index in [1.807, 2.05) is 0 Å². The van der Waals surface area contributed by atoms with Gasteiger partial charge >= 0.3 is 0 Å². The van der Waals surface area contributed by atoms with Crippen molar-refractivity contribution in [3.63, 3.8) is 0 Å². The van der Waals surface area contributed by atoms with Crippen molar-refractivity contribution in [2.24, 2.45) is 0 Å². The maximum atomic E-state index is 11.3. The lowest BCUT2D eigenvalue weighted by Crippen LogP contribution is -2.33. The molecule has 0 aliphatic heterocycles. The molecule has 4 heteroatoms. The molecule has 0 aromatic carbocycles. The zero-order valence-electron chi connectivity index (χ0n) is 6.63. The highest BCUT2D eigenvalue weighted by Gasteiger charge is 2.52. The molecule has 0 aromatic heterocycles. The third-order valence-corrected chi connectivity index (χ3v) is 4.42. The molecule has 0 amide bonds. The van der Waals surface area contributed by atoms with E-state index in [0.29, 0.717) is 6.42 Å². The molecule has 64 valence electrons. The van der Waals surface area contributed by atoms with Crippen molar-refractivity contribution in [2.75, 3.05) is 7.05 Å². The molecule has 0 aromatic rings. The van der Waals surface area contributed by atoms with Crippen LogP contribution in [0.15, 0.2) is 12.7 Å². The Balaban J connectivity index is 2.81. The van der Waals surface area contributed by atoms with Gasteiger partial charge in [0.1, 0.15) is 0 Å². The topological polar surface area (TPSA) is 46.2 Å². The second-order valence-electron chi connectivity index (χ2n) is 2.88. The average Bonchev–Trinajstić information content (AvgIpc) is 2.70. The summed E-state index contributed by atoms with van der Waals surface area (Å²) in [5.41, 5.74) is 0. The normalized spacial score (nSPS) is 21.2. The van der Waals surface area contributed by atoms with Crippen molar-refractivity contribution < 1.29 is 8.42 Å². The van der Waals surface area contributed by atoms with Gasteiger partial charge in [0.15, 0.2) is 0 Å². The molecular weight excluding hydrogens is 162 g/mol. The fraction of sp³-hybridized carbons (Fsp3) is 0.714. The van der Waals surface area contributed by atoms with Crippen LogP contribution in [-0.4, -0.2) is 20.2 Å². The number of rotatable bonds is 4. The molecule has 0 heterocycles. The Hall–Kier alpha value is -0.350. The van der Waals surface area contributed by atoms with Crippen molar-refractivity contribution in [2.45, 2.75) is 24.0 Å². The molecule has 1 fully saturated rings. The van der Waals surface area contributed by atoms with Crippen LogP contribution in [0.2, 0.25) is 0 Å². The first kappa shape index (κ1) is 8.74. The summed E-state index contributed by atoms with van der Waals surface area (Å²) < 4.78 is 24.5. The van der Waals surface area contributed by atoms with Crippen molar-refractivity contribution in [1.29, 1.82) is 0 Å². The quantitative estimate of drug-likeness (QED) is 0.637. The largest absolute Gasteiger partial charge is 0.218 e. The van der Waals surface area contributed by atoms with Crippen molar-refractivity contribution in [1.82, 2.24) is 4.72 Å². The lowest BCUT2D eigenvalue weighted by Gasteiger charge is -2.11. The fourth-order valence-electron chi connectivity index (χ4n) is 1.20. The second-order valence-corrected chi connectivity index (χ2v) is 5.16. The highest BCUT2D eigenvalue weighted by Crippen LogP contribution is 2.45. The molecule has 0 saturated heterocycles. The van der Waals surface area contributed by atoms with E-state index in [2.05, 4.69) is 11.3 Å². The summed E-state index contributed by atoms with van der Waals surface area (Å²) in [4.78, 5) is 0. The van der Waals surface area contributed by atoms with E-state index >= 15 is 0 Å². The van der Waals surface area contributed by atoms with Crippen LogP contribution >= 0.6 is 0 Å². The summed E-state index contributed by atoms with van der Waals surface area (Å²) in [6.07, 6.45) is 3.77. The zero-order valence-corrected chi connectivity index (χ0v) is 7.45. The molecule has 0 radical (unpaired) electrons. The van der Waals surface area contributed by atoms with Gasteiger partial charge in [0.25, 0.3) is 0 Å². The number of hydrogen-bond donors (Lipinski definition) is 1. The molecular formula is C7H13NO2S. The fourth-order valence-corrected chi connectivity index (χ4v) is 2.61. The molecule has 0 unspecified atom stereocenters. The third-order valence-electron chi connectivity index (χ3n) is 2.16. The van der Waals surface area contributed by atoms with Crippen LogP contribution in [0.5, 0.6) is 0 Å². The van der Waals surface area contributed by atoms with E-state index in [1.54, 1.807) is 6.08 Å².